The molecule has 138 valence electrons. The molecule has 2 aromatic rings. The second-order valence-corrected chi connectivity index (χ2v) is 8.80. The van der Waals surface area contributed by atoms with E-state index >= 15 is 0 Å². The Balaban J connectivity index is 1.85. The highest BCUT2D eigenvalue weighted by atomic mass is 35.5. The van der Waals surface area contributed by atoms with Crippen LogP contribution in [0.3, 0.4) is 0 Å². The van der Waals surface area contributed by atoms with Gasteiger partial charge in [0.1, 0.15) is 0 Å². The fourth-order valence-corrected chi connectivity index (χ4v) is 4.65. The molecule has 0 spiro atoms. The number of amides is 1. The van der Waals surface area contributed by atoms with Crippen LogP contribution >= 0.6 is 11.6 Å². The molecule has 1 unspecified atom stereocenters. The summed E-state index contributed by atoms with van der Waals surface area (Å²) in [5, 5.41) is 3.19. The van der Waals surface area contributed by atoms with Gasteiger partial charge in [-0.2, -0.15) is 0 Å². The van der Waals surface area contributed by atoms with E-state index in [-0.39, 0.29) is 33.5 Å². The summed E-state index contributed by atoms with van der Waals surface area (Å²) in [5.41, 5.74) is 2.48. The summed E-state index contributed by atoms with van der Waals surface area (Å²) in [6.45, 7) is 3.47. The lowest BCUT2D eigenvalue weighted by molar-refractivity contribution is 0.0936. The molecular formula is C19H21ClN2O3S. The summed E-state index contributed by atoms with van der Waals surface area (Å²) < 4.78 is 27.2. The molecule has 0 radical (unpaired) electrons. The third-order valence-corrected chi connectivity index (χ3v) is 6.31. The Morgan fingerprint density at radius 3 is 2.65 bits per heavy atom. The number of hydrogen-bond acceptors (Lipinski definition) is 3. The first-order valence-corrected chi connectivity index (χ1v) is 10.3. The van der Waals surface area contributed by atoms with Gasteiger partial charge in [-0.15, -0.1) is 0 Å². The Morgan fingerprint density at radius 1 is 1.19 bits per heavy atom. The lowest BCUT2D eigenvalue weighted by atomic mass is 10.1. The van der Waals surface area contributed by atoms with E-state index in [2.05, 4.69) is 16.1 Å². The number of rotatable bonds is 5. The quantitative estimate of drug-likeness (QED) is 0.818. The van der Waals surface area contributed by atoms with Gasteiger partial charge in [0, 0.05) is 6.04 Å². The smallest absolute Gasteiger partial charge is 0.253 e. The molecule has 0 aromatic heterocycles. The van der Waals surface area contributed by atoms with Crippen molar-refractivity contribution in [2.45, 2.75) is 43.7 Å². The van der Waals surface area contributed by atoms with E-state index in [0.29, 0.717) is 0 Å². The third-order valence-electron chi connectivity index (χ3n) is 4.32. The highest BCUT2D eigenvalue weighted by Crippen LogP contribution is 2.31. The standard InChI is InChI=1S/C19H21ClN2O3S/c1-12(2)22-26(24,25)14-8-9-17(20)16(11-14)19(23)21-18-10-7-13-5-3-4-6-15(13)18/h3-6,8-9,11-12,18,22H,7,10H2,1-2H3,(H,21,23). The average Bonchev–Trinajstić information content (AvgIpc) is 2.97. The van der Waals surface area contributed by atoms with Crippen LogP contribution < -0.4 is 10.0 Å². The van der Waals surface area contributed by atoms with Crippen molar-refractivity contribution < 1.29 is 13.2 Å². The minimum absolute atomic E-state index is 0.0209. The van der Waals surface area contributed by atoms with Crippen LogP contribution in [0.5, 0.6) is 0 Å². The van der Waals surface area contributed by atoms with E-state index < -0.39 is 10.0 Å². The summed E-state index contributed by atoms with van der Waals surface area (Å²) >= 11 is 6.16. The van der Waals surface area contributed by atoms with E-state index in [1.54, 1.807) is 13.8 Å². The first kappa shape index (κ1) is 18.9. The largest absolute Gasteiger partial charge is 0.345 e. The topological polar surface area (TPSA) is 75.3 Å². The van der Waals surface area contributed by atoms with Crippen molar-refractivity contribution >= 4 is 27.5 Å². The van der Waals surface area contributed by atoms with Crippen molar-refractivity contribution in [1.29, 1.82) is 0 Å². The maximum atomic E-state index is 12.7. The number of aryl methyl sites for hydroxylation is 1. The summed E-state index contributed by atoms with van der Waals surface area (Å²) in [6, 6.07) is 11.8. The molecule has 2 aromatic carbocycles. The minimum atomic E-state index is -3.70. The molecule has 2 N–H and O–H groups in total. The number of hydrogen-bond donors (Lipinski definition) is 2. The molecule has 0 bridgehead atoms. The summed E-state index contributed by atoms with van der Waals surface area (Å²) in [7, 11) is -3.70. The number of carbonyl (C=O) groups is 1. The van der Waals surface area contributed by atoms with Gasteiger partial charge < -0.3 is 5.32 Å². The Labute approximate surface area is 158 Å². The molecule has 3 rings (SSSR count). The molecule has 1 amide bonds. The normalized spacial score (nSPS) is 16.5. The fraction of sp³-hybridized carbons (Fsp3) is 0.316. The zero-order valence-corrected chi connectivity index (χ0v) is 16.2. The van der Waals surface area contributed by atoms with Crippen molar-refractivity contribution in [2.24, 2.45) is 0 Å². The molecule has 1 aliphatic carbocycles. The van der Waals surface area contributed by atoms with Gasteiger partial charge in [-0.25, -0.2) is 13.1 Å². The van der Waals surface area contributed by atoms with Crippen molar-refractivity contribution in [1.82, 2.24) is 10.0 Å². The molecule has 26 heavy (non-hydrogen) atoms. The van der Waals surface area contributed by atoms with Crippen LogP contribution in [-0.4, -0.2) is 20.4 Å². The van der Waals surface area contributed by atoms with Gasteiger partial charge in [-0.1, -0.05) is 35.9 Å². The average molecular weight is 393 g/mol. The zero-order valence-electron chi connectivity index (χ0n) is 14.6. The lowest BCUT2D eigenvalue weighted by Crippen LogP contribution is -2.31. The molecule has 0 saturated heterocycles. The molecule has 0 saturated carbocycles. The van der Waals surface area contributed by atoms with Crippen LogP contribution in [0, 0.1) is 0 Å². The number of halogens is 1. The third kappa shape index (κ3) is 3.92. The summed E-state index contributed by atoms with van der Waals surface area (Å²) in [5.74, 6) is -0.377. The summed E-state index contributed by atoms with van der Waals surface area (Å²) in [4.78, 5) is 12.7. The van der Waals surface area contributed by atoms with Gasteiger partial charge >= 0.3 is 0 Å². The number of nitrogens with one attached hydrogen (secondary N) is 2. The second kappa shape index (κ2) is 7.39. The molecular weight excluding hydrogens is 372 g/mol. The van der Waals surface area contributed by atoms with Crippen LogP contribution in [0.2, 0.25) is 5.02 Å². The highest BCUT2D eigenvalue weighted by molar-refractivity contribution is 7.89. The minimum Gasteiger partial charge on any atom is -0.345 e. The first-order chi connectivity index (χ1) is 12.3. The Hall–Kier alpha value is -1.89. The van der Waals surface area contributed by atoms with Gasteiger partial charge in [0.05, 0.1) is 21.5 Å². The van der Waals surface area contributed by atoms with Crippen LogP contribution in [0.1, 0.15) is 47.8 Å². The molecule has 1 atom stereocenters. The SMILES string of the molecule is CC(C)NS(=O)(=O)c1ccc(Cl)c(C(=O)NC2CCc3ccccc32)c1. The number of carbonyl (C=O) groups excluding carboxylic acids is 1. The van der Waals surface area contributed by atoms with Crippen molar-refractivity contribution in [3.05, 3.63) is 64.2 Å². The molecule has 0 heterocycles. The predicted molar refractivity (Wildman–Crippen MR) is 102 cm³/mol. The highest BCUT2D eigenvalue weighted by Gasteiger charge is 2.25. The van der Waals surface area contributed by atoms with E-state index in [1.807, 2.05) is 18.2 Å². The van der Waals surface area contributed by atoms with Gasteiger partial charge in [-0.3, -0.25) is 4.79 Å². The monoisotopic (exact) mass is 392 g/mol. The van der Waals surface area contributed by atoms with Crippen LogP contribution in [-0.2, 0) is 16.4 Å². The van der Waals surface area contributed by atoms with Crippen molar-refractivity contribution in [3.63, 3.8) is 0 Å². The van der Waals surface area contributed by atoms with E-state index in [4.69, 9.17) is 11.6 Å². The van der Waals surface area contributed by atoms with Crippen LogP contribution in [0.15, 0.2) is 47.4 Å². The van der Waals surface area contributed by atoms with E-state index in [0.717, 1.165) is 18.4 Å². The molecule has 0 fully saturated rings. The number of fused-ring (bicyclic) bond motifs is 1. The number of sulfonamides is 1. The first-order valence-electron chi connectivity index (χ1n) is 8.48. The van der Waals surface area contributed by atoms with Gasteiger partial charge in [0.15, 0.2) is 0 Å². The molecule has 7 heteroatoms. The van der Waals surface area contributed by atoms with Crippen LogP contribution in [0.4, 0.5) is 0 Å². The molecule has 5 nitrogen and oxygen atoms in total. The predicted octanol–water partition coefficient (Wildman–Crippen LogP) is 3.44. The second-order valence-electron chi connectivity index (χ2n) is 6.68. The summed E-state index contributed by atoms with van der Waals surface area (Å²) in [6.07, 6.45) is 1.72. The number of benzene rings is 2. The van der Waals surface area contributed by atoms with E-state index in [9.17, 15) is 13.2 Å². The molecule has 1 aliphatic rings. The van der Waals surface area contributed by atoms with E-state index in [1.165, 1.54) is 23.8 Å². The van der Waals surface area contributed by atoms with Crippen molar-refractivity contribution in [2.75, 3.05) is 0 Å². The Bertz CT molecular complexity index is 942. The van der Waals surface area contributed by atoms with Crippen molar-refractivity contribution in [3.8, 4) is 0 Å². The van der Waals surface area contributed by atoms with Crippen LogP contribution in [0.25, 0.3) is 0 Å². The lowest BCUT2D eigenvalue weighted by Gasteiger charge is -2.16. The Morgan fingerprint density at radius 2 is 1.92 bits per heavy atom. The van der Waals surface area contributed by atoms with Gasteiger partial charge in [0.25, 0.3) is 5.91 Å². The molecule has 0 aliphatic heterocycles. The Kier molecular flexibility index (Phi) is 5.37. The maximum Gasteiger partial charge on any atom is 0.253 e. The zero-order chi connectivity index (χ0) is 18.9. The van der Waals surface area contributed by atoms with Gasteiger partial charge in [0.2, 0.25) is 10.0 Å². The van der Waals surface area contributed by atoms with Gasteiger partial charge in [-0.05, 0) is 56.0 Å². The fourth-order valence-electron chi connectivity index (χ4n) is 3.17. The maximum absolute atomic E-state index is 12.7.